The third-order valence-corrected chi connectivity index (χ3v) is 2.84. The lowest BCUT2D eigenvalue weighted by Crippen LogP contribution is -2.03. The molecule has 17 heavy (non-hydrogen) atoms. The van der Waals surface area contributed by atoms with E-state index in [9.17, 15) is 10.1 Å². The molecule has 1 aromatic heterocycles. The zero-order valence-corrected chi connectivity index (χ0v) is 10.7. The second-order valence-electron chi connectivity index (χ2n) is 3.68. The molecular formula is C11H10BrN3O2. The maximum atomic E-state index is 10.9. The Hall–Kier alpha value is -1.69. The van der Waals surface area contributed by atoms with Crippen LogP contribution in [0.2, 0.25) is 0 Å². The minimum absolute atomic E-state index is 0.104. The van der Waals surface area contributed by atoms with Crippen molar-refractivity contribution < 1.29 is 4.92 Å². The average Bonchev–Trinajstić information content (AvgIpc) is 2.66. The van der Waals surface area contributed by atoms with Gasteiger partial charge >= 0.3 is 0 Å². The third-order valence-electron chi connectivity index (χ3n) is 2.35. The van der Waals surface area contributed by atoms with Gasteiger partial charge in [-0.3, -0.25) is 14.8 Å². The Labute approximate surface area is 106 Å². The lowest BCUT2D eigenvalue weighted by atomic mass is 10.2. The van der Waals surface area contributed by atoms with E-state index < -0.39 is 0 Å². The van der Waals surface area contributed by atoms with Crippen LogP contribution in [0, 0.1) is 17.0 Å². The number of aromatic nitrogens is 2. The van der Waals surface area contributed by atoms with E-state index in [2.05, 4.69) is 21.0 Å². The molecule has 1 heterocycles. The molecule has 0 radical (unpaired) electrons. The van der Waals surface area contributed by atoms with Gasteiger partial charge in [-0.25, -0.2) is 0 Å². The predicted octanol–water partition coefficient (Wildman–Crippen LogP) is 2.91. The molecule has 2 aromatic rings. The molecule has 0 aliphatic heterocycles. The van der Waals surface area contributed by atoms with Gasteiger partial charge in [-0.1, -0.05) is 15.9 Å². The summed E-state index contributed by atoms with van der Waals surface area (Å²) in [5.41, 5.74) is 1.64. The standard InChI is InChI=1S/C11H10BrN3O2/c1-8-4-5-14(13-8)7-9-2-3-10(12)6-11(9)15(16)17/h2-6H,7H2,1H3. The highest BCUT2D eigenvalue weighted by atomic mass is 79.9. The molecule has 88 valence electrons. The molecule has 0 saturated carbocycles. The van der Waals surface area contributed by atoms with Gasteiger partial charge in [-0.15, -0.1) is 0 Å². The van der Waals surface area contributed by atoms with Gasteiger partial charge in [0.25, 0.3) is 5.69 Å². The maximum absolute atomic E-state index is 10.9. The van der Waals surface area contributed by atoms with Gasteiger partial charge < -0.3 is 0 Å². The fraction of sp³-hybridized carbons (Fsp3) is 0.182. The molecule has 5 nitrogen and oxygen atoms in total. The zero-order chi connectivity index (χ0) is 12.4. The maximum Gasteiger partial charge on any atom is 0.275 e. The minimum Gasteiger partial charge on any atom is -0.268 e. The largest absolute Gasteiger partial charge is 0.275 e. The van der Waals surface area contributed by atoms with Crippen LogP contribution in [0.25, 0.3) is 0 Å². The highest BCUT2D eigenvalue weighted by Gasteiger charge is 2.14. The van der Waals surface area contributed by atoms with E-state index in [4.69, 9.17) is 0 Å². The lowest BCUT2D eigenvalue weighted by Gasteiger charge is -2.03. The molecule has 0 amide bonds. The smallest absolute Gasteiger partial charge is 0.268 e. The fourth-order valence-corrected chi connectivity index (χ4v) is 1.92. The summed E-state index contributed by atoms with van der Waals surface area (Å²) in [4.78, 5) is 10.5. The van der Waals surface area contributed by atoms with E-state index in [1.807, 2.05) is 13.0 Å². The Morgan fingerprint density at radius 3 is 2.82 bits per heavy atom. The first-order valence-corrected chi connectivity index (χ1v) is 5.78. The van der Waals surface area contributed by atoms with Crippen molar-refractivity contribution in [1.82, 2.24) is 9.78 Å². The van der Waals surface area contributed by atoms with Crippen LogP contribution in [0.3, 0.4) is 0 Å². The zero-order valence-electron chi connectivity index (χ0n) is 9.13. The van der Waals surface area contributed by atoms with Crippen LogP contribution in [-0.4, -0.2) is 14.7 Å². The van der Waals surface area contributed by atoms with Crippen molar-refractivity contribution >= 4 is 21.6 Å². The Bertz CT molecular complexity index is 566. The molecule has 0 aliphatic rings. The van der Waals surface area contributed by atoms with Crippen LogP contribution in [0.1, 0.15) is 11.3 Å². The number of benzene rings is 1. The first kappa shape index (κ1) is 11.8. The molecule has 0 fully saturated rings. The molecule has 0 unspecified atom stereocenters. The van der Waals surface area contributed by atoms with Gasteiger partial charge in [0.05, 0.1) is 22.7 Å². The quantitative estimate of drug-likeness (QED) is 0.646. The van der Waals surface area contributed by atoms with E-state index in [0.29, 0.717) is 16.6 Å². The van der Waals surface area contributed by atoms with Crippen molar-refractivity contribution in [1.29, 1.82) is 0 Å². The Morgan fingerprint density at radius 2 is 2.24 bits per heavy atom. The van der Waals surface area contributed by atoms with E-state index >= 15 is 0 Å². The van der Waals surface area contributed by atoms with Gasteiger partial charge in [0.1, 0.15) is 0 Å². The van der Waals surface area contributed by atoms with E-state index in [1.54, 1.807) is 23.0 Å². The number of hydrogen-bond acceptors (Lipinski definition) is 3. The number of nitro groups is 1. The van der Waals surface area contributed by atoms with Crippen LogP contribution < -0.4 is 0 Å². The van der Waals surface area contributed by atoms with Gasteiger partial charge in [-0.2, -0.15) is 5.10 Å². The number of hydrogen-bond donors (Lipinski definition) is 0. The number of halogens is 1. The van der Waals surface area contributed by atoms with Crippen LogP contribution >= 0.6 is 15.9 Å². The van der Waals surface area contributed by atoms with Gasteiger partial charge in [-0.05, 0) is 25.1 Å². The molecule has 0 aliphatic carbocycles. The van der Waals surface area contributed by atoms with Crippen LogP contribution in [0.4, 0.5) is 5.69 Å². The summed E-state index contributed by atoms with van der Waals surface area (Å²) in [5.74, 6) is 0. The van der Waals surface area contributed by atoms with Gasteiger partial charge in [0.2, 0.25) is 0 Å². The van der Waals surface area contributed by atoms with Crippen LogP contribution in [0.5, 0.6) is 0 Å². The van der Waals surface area contributed by atoms with Crippen LogP contribution in [0.15, 0.2) is 34.9 Å². The molecule has 0 spiro atoms. The van der Waals surface area contributed by atoms with E-state index in [-0.39, 0.29) is 10.6 Å². The monoisotopic (exact) mass is 295 g/mol. The van der Waals surface area contributed by atoms with Crippen molar-refractivity contribution in [3.63, 3.8) is 0 Å². The van der Waals surface area contributed by atoms with Gasteiger partial charge in [0.15, 0.2) is 0 Å². The second-order valence-corrected chi connectivity index (χ2v) is 4.60. The van der Waals surface area contributed by atoms with Crippen molar-refractivity contribution in [2.75, 3.05) is 0 Å². The summed E-state index contributed by atoms with van der Waals surface area (Å²) >= 11 is 3.23. The van der Waals surface area contributed by atoms with Crippen molar-refractivity contribution in [3.05, 3.63) is 56.3 Å². The van der Waals surface area contributed by atoms with Crippen molar-refractivity contribution in [2.24, 2.45) is 0 Å². The molecule has 0 bridgehead atoms. The summed E-state index contributed by atoms with van der Waals surface area (Å²) in [5, 5.41) is 15.1. The summed E-state index contributed by atoms with van der Waals surface area (Å²) in [6, 6.07) is 6.90. The summed E-state index contributed by atoms with van der Waals surface area (Å²) in [7, 11) is 0. The number of nitro benzene ring substituents is 1. The first-order valence-electron chi connectivity index (χ1n) is 4.99. The van der Waals surface area contributed by atoms with E-state index in [0.717, 1.165) is 5.69 Å². The highest BCUT2D eigenvalue weighted by molar-refractivity contribution is 9.10. The summed E-state index contributed by atoms with van der Waals surface area (Å²) in [6.45, 7) is 2.28. The second kappa shape index (κ2) is 4.67. The SMILES string of the molecule is Cc1ccn(Cc2ccc(Br)cc2[N+](=O)[O-])n1. The minimum atomic E-state index is -0.379. The van der Waals surface area contributed by atoms with Gasteiger partial charge in [0, 0.05) is 16.7 Å². The van der Waals surface area contributed by atoms with Crippen LogP contribution in [-0.2, 0) is 6.54 Å². The number of rotatable bonds is 3. The predicted molar refractivity (Wildman–Crippen MR) is 66.9 cm³/mol. The molecule has 1 aromatic carbocycles. The van der Waals surface area contributed by atoms with Crippen molar-refractivity contribution in [2.45, 2.75) is 13.5 Å². The summed E-state index contributed by atoms with van der Waals surface area (Å²) < 4.78 is 2.38. The molecule has 2 rings (SSSR count). The first-order chi connectivity index (χ1) is 8.06. The van der Waals surface area contributed by atoms with Crippen molar-refractivity contribution in [3.8, 4) is 0 Å². The number of nitrogens with zero attached hydrogens (tertiary/aromatic N) is 3. The lowest BCUT2D eigenvalue weighted by molar-refractivity contribution is -0.385. The topological polar surface area (TPSA) is 61.0 Å². The fourth-order valence-electron chi connectivity index (χ4n) is 1.57. The molecular weight excluding hydrogens is 286 g/mol. The Balaban J connectivity index is 2.35. The van der Waals surface area contributed by atoms with E-state index in [1.165, 1.54) is 6.07 Å². The normalized spacial score (nSPS) is 10.5. The molecule has 0 atom stereocenters. The molecule has 6 heteroatoms. The molecule has 0 saturated heterocycles. The third kappa shape index (κ3) is 2.71. The Morgan fingerprint density at radius 1 is 1.47 bits per heavy atom. The Kier molecular flexibility index (Phi) is 3.23. The number of aryl methyl sites for hydroxylation is 1. The summed E-state index contributed by atoms with van der Waals surface area (Å²) in [6.07, 6.45) is 1.81. The molecule has 0 N–H and O–H groups in total. The highest BCUT2D eigenvalue weighted by Crippen LogP contribution is 2.24. The average molecular weight is 296 g/mol.